The van der Waals surface area contributed by atoms with Crippen LogP contribution in [0.2, 0.25) is 5.02 Å². The summed E-state index contributed by atoms with van der Waals surface area (Å²) < 4.78 is 4.28. The minimum absolute atomic E-state index is 0.199. The first kappa shape index (κ1) is 11.4. The number of fused-ring (bicyclic) bond motifs is 1. The molecule has 0 spiro atoms. The number of benzene rings is 1. The van der Waals surface area contributed by atoms with Crippen LogP contribution in [0.1, 0.15) is 0 Å². The molecule has 4 nitrogen and oxygen atoms in total. The molecule has 0 aliphatic heterocycles. The molecule has 5 heteroatoms. The number of para-hydroxylation sites is 1. The summed E-state index contributed by atoms with van der Waals surface area (Å²) in [5, 5.41) is 3.84. The van der Waals surface area contributed by atoms with Crippen LogP contribution >= 0.6 is 11.6 Å². The quantitative estimate of drug-likeness (QED) is 0.665. The molecule has 0 saturated heterocycles. The molecule has 3 rings (SSSR count). The lowest BCUT2D eigenvalue weighted by atomic mass is 10.2. The van der Waals surface area contributed by atoms with Crippen LogP contribution in [0.5, 0.6) is 0 Å². The van der Waals surface area contributed by atoms with Crippen molar-refractivity contribution in [1.82, 2.24) is 10.1 Å². The normalized spacial score (nSPS) is 9.71. The highest BCUT2D eigenvalue weighted by Gasteiger charge is 1.95. The fourth-order valence-corrected chi connectivity index (χ4v) is 1.50. The van der Waals surface area contributed by atoms with Gasteiger partial charge in [0.1, 0.15) is 6.26 Å². The van der Waals surface area contributed by atoms with Crippen molar-refractivity contribution in [2.75, 3.05) is 0 Å². The van der Waals surface area contributed by atoms with E-state index in [1.807, 2.05) is 24.3 Å². The van der Waals surface area contributed by atoms with Crippen molar-refractivity contribution < 1.29 is 4.52 Å². The van der Waals surface area contributed by atoms with Crippen LogP contribution in [0.3, 0.4) is 0 Å². The van der Waals surface area contributed by atoms with Crippen molar-refractivity contribution in [2.45, 2.75) is 0 Å². The zero-order chi connectivity index (χ0) is 12.1. The van der Waals surface area contributed by atoms with E-state index in [0.29, 0.717) is 0 Å². The Morgan fingerprint density at radius 3 is 2.59 bits per heavy atom. The molecule has 86 valence electrons. The Labute approximate surface area is 102 Å². The summed E-state index contributed by atoms with van der Waals surface area (Å²) in [6.45, 7) is 0. The van der Waals surface area contributed by atoms with E-state index in [-0.39, 0.29) is 5.56 Å². The summed E-state index contributed by atoms with van der Waals surface area (Å²) in [4.78, 5) is 14.1. The van der Waals surface area contributed by atoms with Crippen molar-refractivity contribution in [3.05, 3.63) is 64.2 Å². The summed E-state index contributed by atoms with van der Waals surface area (Å²) in [5.41, 5.74) is 0.745. The summed E-state index contributed by atoms with van der Waals surface area (Å²) in [7, 11) is 0. The first-order chi connectivity index (χ1) is 8.27. The number of H-pyrrole nitrogens is 1. The maximum atomic E-state index is 9.92. The van der Waals surface area contributed by atoms with Gasteiger partial charge < -0.3 is 4.52 Å². The van der Waals surface area contributed by atoms with E-state index < -0.39 is 0 Å². The fourth-order valence-electron chi connectivity index (χ4n) is 1.28. The van der Waals surface area contributed by atoms with Crippen LogP contribution in [0, 0.1) is 0 Å². The Bertz CT molecular complexity index is 638. The highest BCUT2D eigenvalue weighted by Crippen LogP contribution is 2.19. The van der Waals surface area contributed by atoms with Gasteiger partial charge in [0.05, 0.1) is 10.5 Å². The maximum Gasteiger partial charge on any atom is 0.279 e. The molecule has 2 heterocycles. The van der Waals surface area contributed by atoms with Crippen LogP contribution in [-0.2, 0) is 0 Å². The lowest BCUT2D eigenvalue weighted by molar-refractivity contribution is 0.413. The molecule has 0 radical (unpaired) electrons. The van der Waals surface area contributed by atoms with E-state index in [9.17, 15) is 4.79 Å². The molecular weight excluding hydrogens is 240 g/mol. The van der Waals surface area contributed by atoms with Crippen LogP contribution < -0.4 is 5.56 Å². The van der Waals surface area contributed by atoms with Gasteiger partial charge in [0, 0.05) is 17.6 Å². The van der Waals surface area contributed by atoms with Gasteiger partial charge in [0.2, 0.25) is 0 Å². The maximum absolute atomic E-state index is 9.92. The number of nitrogens with one attached hydrogen (secondary N) is 1. The van der Waals surface area contributed by atoms with Gasteiger partial charge in [-0.05, 0) is 12.1 Å². The lowest BCUT2D eigenvalue weighted by Crippen LogP contribution is -1.91. The third kappa shape index (κ3) is 2.95. The Hall–Kier alpha value is -2.07. The molecule has 0 unspecified atom stereocenters. The molecule has 0 aliphatic rings. The van der Waals surface area contributed by atoms with Gasteiger partial charge in [-0.3, -0.25) is 9.78 Å². The average molecular weight is 249 g/mol. The average Bonchev–Trinajstić information content (AvgIpc) is 2.82. The summed E-state index contributed by atoms with van der Waals surface area (Å²) in [5.74, 6) is 0. The second kappa shape index (κ2) is 5.32. The van der Waals surface area contributed by atoms with Crippen LogP contribution in [-0.4, -0.2) is 10.1 Å². The first-order valence-corrected chi connectivity index (χ1v) is 5.26. The van der Waals surface area contributed by atoms with Gasteiger partial charge >= 0.3 is 0 Å². The van der Waals surface area contributed by atoms with E-state index in [2.05, 4.69) is 14.7 Å². The lowest BCUT2D eigenvalue weighted by Gasteiger charge is -1.96. The Balaban J connectivity index is 0.000000153. The third-order valence-corrected chi connectivity index (χ3v) is 2.37. The molecule has 0 fully saturated rings. The van der Waals surface area contributed by atoms with E-state index in [1.54, 1.807) is 12.3 Å². The number of aromatic nitrogens is 2. The van der Waals surface area contributed by atoms with Gasteiger partial charge in [-0.15, -0.1) is 0 Å². The molecule has 17 heavy (non-hydrogen) atoms. The Morgan fingerprint density at radius 1 is 1.18 bits per heavy atom. The highest BCUT2D eigenvalue weighted by atomic mass is 35.5. The van der Waals surface area contributed by atoms with Crippen LogP contribution in [0.4, 0.5) is 0 Å². The SMILES string of the molecule is Clc1ccnc2ccccc12.O=c1cco[nH]1. The van der Waals surface area contributed by atoms with Gasteiger partial charge in [0.15, 0.2) is 0 Å². The van der Waals surface area contributed by atoms with Crippen molar-refractivity contribution >= 4 is 22.5 Å². The standard InChI is InChI=1S/C9H6ClN.C3H3NO2/c10-8-5-6-11-9-4-2-1-3-7(8)9;5-3-1-2-6-4-3/h1-6H;1-2H,(H,4,5). The molecule has 1 aromatic carbocycles. The molecule has 0 atom stereocenters. The molecular formula is C12H9ClN2O2. The smallest absolute Gasteiger partial charge is 0.279 e. The monoisotopic (exact) mass is 248 g/mol. The van der Waals surface area contributed by atoms with Crippen molar-refractivity contribution in [1.29, 1.82) is 0 Å². The van der Waals surface area contributed by atoms with Crippen molar-refractivity contribution in [3.8, 4) is 0 Å². The molecule has 2 aromatic heterocycles. The van der Waals surface area contributed by atoms with E-state index in [1.165, 1.54) is 12.3 Å². The summed E-state index contributed by atoms with van der Waals surface area (Å²) in [6.07, 6.45) is 3.01. The van der Waals surface area contributed by atoms with E-state index >= 15 is 0 Å². The van der Waals surface area contributed by atoms with Gasteiger partial charge in [0.25, 0.3) is 5.56 Å². The van der Waals surface area contributed by atoms with Crippen molar-refractivity contribution in [2.24, 2.45) is 0 Å². The highest BCUT2D eigenvalue weighted by molar-refractivity contribution is 6.35. The van der Waals surface area contributed by atoms with Gasteiger partial charge in [-0.25, -0.2) is 0 Å². The number of hydrogen-bond acceptors (Lipinski definition) is 3. The number of aromatic amines is 1. The number of hydrogen-bond donors (Lipinski definition) is 1. The van der Waals surface area contributed by atoms with E-state index in [0.717, 1.165) is 15.9 Å². The van der Waals surface area contributed by atoms with Crippen molar-refractivity contribution in [3.63, 3.8) is 0 Å². The molecule has 0 saturated carbocycles. The predicted molar refractivity (Wildman–Crippen MR) is 66.1 cm³/mol. The second-order valence-electron chi connectivity index (χ2n) is 3.20. The predicted octanol–water partition coefficient (Wildman–Crippen LogP) is 2.86. The number of nitrogens with zero attached hydrogens (tertiary/aromatic N) is 1. The number of pyridine rings is 1. The minimum Gasteiger partial charge on any atom is -0.387 e. The first-order valence-electron chi connectivity index (χ1n) is 4.89. The van der Waals surface area contributed by atoms with E-state index in [4.69, 9.17) is 11.6 Å². The number of halogens is 1. The largest absolute Gasteiger partial charge is 0.387 e. The molecule has 0 bridgehead atoms. The topological polar surface area (TPSA) is 58.9 Å². The third-order valence-electron chi connectivity index (χ3n) is 2.04. The Kier molecular flexibility index (Phi) is 3.57. The van der Waals surface area contributed by atoms with Crippen LogP contribution in [0.25, 0.3) is 10.9 Å². The van der Waals surface area contributed by atoms with Crippen LogP contribution in [0.15, 0.2) is 58.2 Å². The zero-order valence-corrected chi connectivity index (χ0v) is 9.52. The van der Waals surface area contributed by atoms with Gasteiger partial charge in [-0.1, -0.05) is 29.8 Å². The molecule has 0 aliphatic carbocycles. The molecule has 1 N–H and O–H groups in total. The summed E-state index contributed by atoms with van der Waals surface area (Å²) >= 11 is 5.92. The Morgan fingerprint density at radius 2 is 2.00 bits per heavy atom. The molecule has 0 amide bonds. The number of rotatable bonds is 0. The minimum atomic E-state index is -0.199. The zero-order valence-electron chi connectivity index (χ0n) is 8.76. The fraction of sp³-hybridized carbons (Fsp3) is 0. The second-order valence-corrected chi connectivity index (χ2v) is 3.60. The molecule has 3 aromatic rings. The van der Waals surface area contributed by atoms with Gasteiger partial charge in [-0.2, -0.15) is 5.16 Å². The summed E-state index contributed by atoms with van der Waals surface area (Å²) in [6, 6.07) is 10.9.